The van der Waals surface area contributed by atoms with Crippen molar-refractivity contribution in [2.24, 2.45) is 0 Å². The van der Waals surface area contributed by atoms with Gasteiger partial charge in [0.15, 0.2) is 0 Å². The van der Waals surface area contributed by atoms with Gasteiger partial charge in [-0.1, -0.05) is 12.1 Å². The zero-order valence-corrected chi connectivity index (χ0v) is 17.3. The van der Waals surface area contributed by atoms with Crippen LogP contribution in [0.4, 0.5) is 10.1 Å². The van der Waals surface area contributed by atoms with Gasteiger partial charge in [-0.25, -0.2) is 19.2 Å². The minimum absolute atomic E-state index is 0.00754. The number of nitrogens with one attached hydrogen (secondary N) is 2. The summed E-state index contributed by atoms with van der Waals surface area (Å²) in [6.45, 7) is 7.03. The van der Waals surface area contributed by atoms with Gasteiger partial charge in [0.1, 0.15) is 23.5 Å². The van der Waals surface area contributed by atoms with Crippen molar-refractivity contribution in [3.8, 4) is 6.07 Å². The summed E-state index contributed by atoms with van der Waals surface area (Å²) in [5, 5.41) is 14.6. The molecule has 2 aromatic carbocycles. The van der Waals surface area contributed by atoms with Crippen LogP contribution in [0.2, 0.25) is 0 Å². The lowest BCUT2D eigenvalue weighted by Crippen LogP contribution is -2.29. The van der Waals surface area contributed by atoms with Crippen LogP contribution in [0.15, 0.2) is 48.8 Å². The molecule has 0 spiro atoms. The average molecular weight is 440 g/mol. The van der Waals surface area contributed by atoms with Crippen molar-refractivity contribution in [3.05, 3.63) is 99.7 Å². The van der Waals surface area contributed by atoms with Crippen molar-refractivity contribution in [2.45, 2.75) is 25.4 Å². The van der Waals surface area contributed by atoms with E-state index in [0.717, 1.165) is 23.9 Å². The molecule has 0 radical (unpaired) electrons. The summed E-state index contributed by atoms with van der Waals surface area (Å²) in [5.41, 5.74) is 3.07. The Balaban J connectivity index is 1.42. The third-order valence-corrected chi connectivity index (χ3v) is 5.37. The van der Waals surface area contributed by atoms with Gasteiger partial charge in [0.25, 0.3) is 11.8 Å². The number of rotatable bonds is 5. The van der Waals surface area contributed by atoms with Gasteiger partial charge in [-0.2, -0.15) is 5.26 Å². The van der Waals surface area contributed by atoms with Crippen molar-refractivity contribution in [1.29, 1.82) is 5.26 Å². The van der Waals surface area contributed by atoms with Crippen LogP contribution < -0.4 is 10.6 Å². The van der Waals surface area contributed by atoms with E-state index >= 15 is 0 Å². The van der Waals surface area contributed by atoms with Crippen LogP contribution in [0.5, 0.6) is 0 Å². The number of hydrogen-bond donors (Lipinski definition) is 2. The lowest BCUT2D eigenvalue weighted by atomic mass is 10.1. The molecule has 33 heavy (non-hydrogen) atoms. The second kappa shape index (κ2) is 9.25. The number of hydrogen-bond acceptors (Lipinski definition) is 5. The number of nitrogens with zero attached hydrogens (tertiary/aromatic N) is 4. The molecular weight excluding hydrogens is 423 g/mol. The molecule has 2 amide bonds. The summed E-state index contributed by atoms with van der Waals surface area (Å²) in [4.78, 5) is 36.2. The highest BCUT2D eigenvalue weighted by Gasteiger charge is 2.25. The number of halogens is 1. The molecule has 9 heteroatoms. The van der Waals surface area contributed by atoms with E-state index in [2.05, 4.69) is 31.5 Å². The van der Waals surface area contributed by atoms with E-state index in [1.807, 2.05) is 12.1 Å². The van der Waals surface area contributed by atoms with Crippen LogP contribution in [-0.2, 0) is 13.0 Å². The highest BCUT2D eigenvalue weighted by molar-refractivity contribution is 5.97. The van der Waals surface area contributed by atoms with E-state index in [4.69, 9.17) is 11.8 Å². The SMILES string of the molecule is [C-]#[N+]c1cc(CNC(=O)c2cc(C(=O)N[C@@H]3CCc4cc(C#N)ccc43)ncn2)ccc1F. The highest BCUT2D eigenvalue weighted by atomic mass is 19.1. The van der Waals surface area contributed by atoms with Crippen LogP contribution in [0.25, 0.3) is 4.85 Å². The molecule has 1 atom stereocenters. The maximum absolute atomic E-state index is 13.4. The molecule has 0 bridgehead atoms. The largest absolute Gasteiger partial charge is 0.347 e. The Bertz CT molecular complexity index is 1340. The monoisotopic (exact) mass is 440 g/mol. The van der Waals surface area contributed by atoms with Gasteiger partial charge in [0.2, 0.25) is 5.69 Å². The van der Waals surface area contributed by atoms with Crippen LogP contribution in [0, 0.1) is 23.7 Å². The first-order valence-corrected chi connectivity index (χ1v) is 10.1. The van der Waals surface area contributed by atoms with Gasteiger partial charge in [-0.05, 0) is 53.8 Å². The topological polar surface area (TPSA) is 112 Å². The van der Waals surface area contributed by atoms with Gasteiger partial charge in [0, 0.05) is 12.6 Å². The van der Waals surface area contributed by atoms with E-state index < -0.39 is 17.6 Å². The number of amides is 2. The Hall–Kier alpha value is -4.63. The van der Waals surface area contributed by atoms with E-state index in [0.29, 0.717) is 17.5 Å². The van der Waals surface area contributed by atoms with Crippen molar-refractivity contribution >= 4 is 17.5 Å². The molecule has 1 aliphatic carbocycles. The number of aryl methyl sites for hydroxylation is 1. The Morgan fingerprint density at radius 2 is 1.94 bits per heavy atom. The smallest absolute Gasteiger partial charge is 0.270 e. The fraction of sp³-hybridized carbons (Fsp3) is 0.167. The predicted octanol–water partition coefficient (Wildman–Crippen LogP) is 3.39. The quantitative estimate of drug-likeness (QED) is 0.591. The van der Waals surface area contributed by atoms with Crippen molar-refractivity contribution < 1.29 is 14.0 Å². The molecule has 4 rings (SSSR count). The summed E-state index contributed by atoms with van der Waals surface area (Å²) >= 11 is 0. The highest BCUT2D eigenvalue weighted by Crippen LogP contribution is 2.31. The Kier molecular flexibility index (Phi) is 6.05. The van der Waals surface area contributed by atoms with Gasteiger partial charge in [-0.15, -0.1) is 0 Å². The Morgan fingerprint density at radius 3 is 2.70 bits per heavy atom. The van der Waals surface area contributed by atoms with Gasteiger partial charge < -0.3 is 10.6 Å². The summed E-state index contributed by atoms with van der Waals surface area (Å²) in [6, 6.07) is 12.6. The number of carbonyl (C=O) groups excluding carboxylic acids is 2. The third kappa shape index (κ3) is 4.68. The fourth-order valence-electron chi connectivity index (χ4n) is 3.70. The molecule has 2 N–H and O–H groups in total. The molecule has 0 saturated heterocycles. The molecule has 1 aromatic heterocycles. The average Bonchev–Trinajstić information content (AvgIpc) is 3.25. The molecule has 0 fully saturated rings. The normalized spacial score (nSPS) is 14.0. The number of aromatic nitrogens is 2. The maximum Gasteiger partial charge on any atom is 0.270 e. The fourth-order valence-corrected chi connectivity index (χ4v) is 3.70. The van der Waals surface area contributed by atoms with Crippen molar-refractivity contribution in [3.63, 3.8) is 0 Å². The van der Waals surface area contributed by atoms with Crippen LogP contribution in [0.3, 0.4) is 0 Å². The summed E-state index contributed by atoms with van der Waals surface area (Å²) in [5.74, 6) is -1.59. The lowest BCUT2D eigenvalue weighted by Gasteiger charge is -2.14. The summed E-state index contributed by atoms with van der Waals surface area (Å²) < 4.78 is 13.4. The molecule has 8 nitrogen and oxygen atoms in total. The summed E-state index contributed by atoms with van der Waals surface area (Å²) in [6.07, 6.45) is 2.60. The van der Waals surface area contributed by atoms with Crippen molar-refractivity contribution in [1.82, 2.24) is 20.6 Å². The predicted molar refractivity (Wildman–Crippen MR) is 116 cm³/mol. The summed E-state index contributed by atoms with van der Waals surface area (Å²) in [7, 11) is 0. The Morgan fingerprint density at radius 1 is 1.15 bits per heavy atom. The van der Waals surface area contributed by atoms with Crippen LogP contribution >= 0.6 is 0 Å². The molecule has 1 aliphatic rings. The molecule has 1 heterocycles. The zero-order chi connectivity index (χ0) is 23.4. The van der Waals surface area contributed by atoms with Crippen LogP contribution in [0.1, 0.15) is 55.7 Å². The molecule has 0 unspecified atom stereocenters. The second-order valence-electron chi connectivity index (χ2n) is 7.46. The molecule has 162 valence electrons. The minimum Gasteiger partial charge on any atom is -0.347 e. The zero-order valence-electron chi connectivity index (χ0n) is 17.3. The molecule has 0 saturated carbocycles. The first-order chi connectivity index (χ1) is 16.0. The number of nitriles is 1. The lowest BCUT2D eigenvalue weighted by molar-refractivity contribution is 0.0931. The van der Waals surface area contributed by atoms with E-state index in [-0.39, 0.29) is 29.7 Å². The molecule has 0 aliphatic heterocycles. The van der Waals surface area contributed by atoms with Crippen molar-refractivity contribution in [2.75, 3.05) is 0 Å². The number of benzene rings is 2. The van der Waals surface area contributed by atoms with Crippen LogP contribution in [-0.4, -0.2) is 21.8 Å². The third-order valence-electron chi connectivity index (χ3n) is 5.37. The van der Waals surface area contributed by atoms with E-state index in [1.165, 1.54) is 24.3 Å². The number of fused-ring (bicyclic) bond motifs is 1. The minimum atomic E-state index is -0.623. The Labute approximate surface area is 188 Å². The second-order valence-corrected chi connectivity index (χ2v) is 7.46. The van der Waals surface area contributed by atoms with E-state index in [9.17, 15) is 14.0 Å². The van der Waals surface area contributed by atoms with Gasteiger partial charge >= 0.3 is 0 Å². The molecular formula is C24H17FN6O2. The van der Waals surface area contributed by atoms with Gasteiger partial charge in [0.05, 0.1) is 24.2 Å². The maximum atomic E-state index is 13.4. The van der Waals surface area contributed by atoms with E-state index in [1.54, 1.807) is 6.07 Å². The molecule has 3 aromatic rings. The van der Waals surface area contributed by atoms with Gasteiger partial charge in [-0.3, -0.25) is 9.59 Å². The first-order valence-electron chi connectivity index (χ1n) is 10.1. The first kappa shape index (κ1) is 21.6. The standard InChI is InChI=1S/C24H17FN6O2/c1-27-20-9-15(3-6-18(20)25)12-28-23(32)21-10-22(30-13-29-21)24(33)31-19-7-4-16-8-14(11-26)2-5-17(16)19/h2-3,5-6,8-10,13,19H,4,7,12H2,(H,28,32)(H,31,33)/t19-/m1/s1. The number of carbonyl (C=O) groups is 2.